The van der Waals surface area contributed by atoms with Gasteiger partial charge in [-0.25, -0.2) is 0 Å². The molecule has 0 aliphatic rings. The van der Waals surface area contributed by atoms with Crippen LogP contribution in [0.3, 0.4) is 0 Å². The molecule has 0 heterocycles. The molecule has 0 radical (unpaired) electrons. The third-order valence-corrected chi connectivity index (χ3v) is 1.81. The van der Waals surface area contributed by atoms with Crippen LogP contribution in [0.15, 0.2) is 30.3 Å². The van der Waals surface area contributed by atoms with Crippen LogP contribution >= 0.6 is 0 Å². The number of ether oxygens (including phenoxy) is 1. The van der Waals surface area contributed by atoms with Crippen LogP contribution in [0.1, 0.15) is 12.5 Å². The number of allylic oxidation sites excluding steroid dienone is 2. The summed E-state index contributed by atoms with van der Waals surface area (Å²) in [5.41, 5.74) is 1.09. The maximum absolute atomic E-state index is 12.0. The molecule has 1 aromatic carbocycles. The normalized spacial score (nSPS) is 11.3. The number of halogens is 2. The number of rotatable bonds is 3. The summed E-state index contributed by atoms with van der Waals surface area (Å²) in [6.45, 7) is -1.20. The van der Waals surface area contributed by atoms with Crippen molar-refractivity contribution in [2.45, 2.75) is 13.5 Å². The number of para-hydroxylation sites is 1. The predicted molar refractivity (Wildman–Crippen MR) is 52.3 cm³/mol. The summed E-state index contributed by atoms with van der Waals surface area (Å²) in [6, 6.07) is 8.20. The first-order valence-corrected chi connectivity index (χ1v) is 4.25. The van der Waals surface area contributed by atoms with Gasteiger partial charge in [0.2, 0.25) is 0 Å². The monoisotopic (exact) mass is 209 g/mol. The molecule has 15 heavy (non-hydrogen) atoms. The zero-order valence-electron chi connectivity index (χ0n) is 8.08. The van der Waals surface area contributed by atoms with Crippen molar-refractivity contribution in [3.8, 4) is 11.8 Å². The fourth-order valence-electron chi connectivity index (χ4n) is 1.17. The zero-order chi connectivity index (χ0) is 11.3. The smallest absolute Gasteiger partial charge is 0.387 e. The van der Waals surface area contributed by atoms with Crippen molar-refractivity contribution in [2.24, 2.45) is 0 Å². The summed E-state index contributed by atoms with van der Waals surface area (Å²) < 4.78 is 28.4. The Morgan fingerprint density at radius 1 is 1.47 bits per heavy atom. The van der Waals surface area contributed by atoms with E-state index in [2.05, 4.69) is 4.74 Å². The lowest BCUT2D eigenvalue weighted by Crippen LogP contribution is -2.03. The summed E-state index contributed by atoms with van der Waals surface area (Å²) in [5.74, 6) is 0.0801. The summed E-state index contributed by atoms with van der Waals surface area (Å²) in [6.07, 6.45) is 1.29. The second-order valence-corrected chi connectivity index (χ2v) is 2.83. The Kier molecular flexibility index (Phi) is 3.81. The van der Waals surface area contributed by atoms with E-state index < -0.39 is 6.61 Å². The molecular weight excluding hydrogens is 200 g/mol. The van der Waals surface area contributed by atoms with Crippen molar-refractivity contribution in [2.75, 3.05) is 0 Å². The first-order valence-electron chi connectivity index (χ1n) is 4.25. The van der Waals surface area contributed by atoms with Crippen LogP contribution in [-0.4, -0.2) is 6.61 Å². The van der Waals surface area contributed by atoms with Gasteiger partial charge in [-0.1, -0.05) is 18.2 Å². The Labute approximate surface area is 86.4 Å². The quantitative estimate of drug-likeness (QED) is 0.716. The molecule has 0 N–H and O–H groups in total. The molecule has 0 saturated carbocycles. The van der Waals surface area contributed by atoms with E-state index in [-0.39, 0.29) is 5.75 Å². The summed E-state index contributed by atoms with van der Waals surface area (Å²) in [5, 5.41) is 8.46. The molecule has 1 aromatic rings. The van der Waals surface area contributed by atoms with Gasteiger partial charge in [0.05, 0.1) is 6.07 Å². The molecule has 4 heteroatoms. The average molecular weight is 209 g/mol. The Hall–Kier alpha value is -1.89. The van der Waals surface area contributed by atoms with Gasteiger partial charge in [-0.3, -0.25) is 0 Å². The lowest BCUT2D eigenvalue weighted by molar-refractivity contribution is -0.0500. The van der Waals surface area contributed by atoms with Crippen LogP contribution in [0, 0.1) is 11.3 Å². The molecule has 0 fully saturated rings. The lowest BCUT2D eigenvalue weighted by Gasteiger charge is -2.09. The van der Waals surface area contributed by atoms with Crippen LogP contribution in [-0.2, 0) is 0 Å². The summed E-state index contributed by atoms with van der Waals surface area (Å²) in [4.78, 5) is 0. The Bertz CT molecular complexity index is 407. The maximum Gasteiger partial charge on any atom is 0.387 e. The first-order chi connectivity index (χ1) is 7.15. The average Bonchev–Trinajstić information content (AvgIpc) is 2.18. The van der Waals surface area contributed by atoms with Gasteiger partial charge < -0.3 is 4.74 Å². The number of alkyl halides is 2. The van der Waals surface area contributed by atoms with Gasteiger partial charge in [0.1, 0.15) is 5.75 Å². The summed E-state index contributed by atoms with van der Waals surface area (Å²) >= 11 is 0. The molecule has 1 rings (SSSR count). The summed E-state index contributed by atoms with van der Waals surface area (Å²) in [7, 11) is 0. The Balaban J connectivity index is 3.07. The Morgan fingerprint density at radius 2 is 2.13 bits per heavy atom. The zero-order valence-corrected chi connectivity index (χ0v) is 8.08. The number of nitrogens with zero attached hydrogens (tertiary/aromatic N) is 1. The highest BCUT2D eigenvalue weighted by molar-refractivity contribution is 5.70. The molecule has 0 aliphatic heterocycles. The van der Waals surface area contributed by atoms with Crippen LogP contribution in [0.5, 0.6) is 5.75 Å². The second kappa shape index (κ2) is 5.11. The van der Waals surface area contributed by atoms with Gasteiger partial charge in [0.25, 0.3) is 0 Å². The van der Waals surface area contributed by atoms with Crippen LogP contribution < -0.4 is 4.74 Å². The van der Waals surface area contributed by atoms with E-state index in [9.17, 15) is 8.78 Å². The molecule has 0 aliphatic carbocycles. The van der Waals surface area contributed by atoms with E-state index >= 15 is 0 Å². The van der Waals surface area contributed by atoms with Gasteiger partial charge in [0.15, 0.2) is 0 Å². The minimum absolute atomic E-state index is 0.0801. The topological polar surface area (TPSA) is 33.0 Å². The van der Waals surface area contributed by atoms with E-state index in [1.807, 2.05) is 6.07 Å². The molecule has 0 unspecified atom stereocenters. The number of hydrogen-bond acceptors (Lipinski definition) is 2. The minimum atomic E-state index is -2.86. The van der Waals surface area contributed by atoms with Crippen molar-refractivity contribution >= 4 is 5.57 Å². The molecular formula is C11H9F2NO. The third kappa shape index (κ3) is 3.06. The van der Waals surface area contributed by atoms with Crippen LogP contribution in [0.2, 0.25) is 0 Å². The molecule has 78 valence electrons. The van der Waals surface area contributed by atoms with E-state index in [1.165, 1.54) is 12.1 Å². The molecule has 0 bridgehead atoms. The largest absolute Gasteiger partial charge is 0.434 e. The van der Waals surface area contributed by atoms with E-state index in [0.717, 1.165) is 0 Å². The van der Waals surface area contributed by atoms with Crippen molar-refractivity contribution in [1.82, 2.24) is 0 Å². The van der Waals surface area contributed by atoms with Crippen molar-refractivity contribution in [1.29, 1.82) is 5.26 Å². The SMILES string of the molecule is CC(=CC#N)c1ccccc1OC(F)F. The van der Waals surface area contributed by atoms with Gasteiger partial charge in [-0.15, -0.1) is 0 Å². The number of nitriles is 1. The highest BCUT2D eigenvalue weighted by Crippen LogP contribution is 2.26. The van der Waals surface area contributed by atoms with E-state index in [0.29, 0.717) is 11.1 Å². The fraction of sp³-hybridized carbons (Fsp3) is 0.182. The third-order valence-electron chi connectivity index (χ3n) is 1.81. The van der Waals surface area contributed by atoms with E-state index in [1.54, 1.807) is 25.1 Å². The maximum atomic E-state index is 12.0. The molecule has 0 amide bonds. The molecule has 0 aromatic heterocycles. The molecule has 0 atom stereocenters. The minimum Gasteiger partial charge on any atom is -0.434 e. The Morgan fingerprint density at radius 3 is 2.73 bits per heavy atom. The predicted octanol–water partition coefficient (Wildman–Crippen LogP) is 3.21. The standard InChI is InChI=1S/C11H9F2NO/c1-8(6-7-14)9-4-2-3-5-10(9)15-11(12)13/h2-6,11H,1H3. The van der Waals surface area contributed by atoms with E-state index in [4.69, 9.17) is 5.26 Å². The lowest BCUT2D eigenvalue weighted by atomic mass is 10.1. The van der Waals surface area contributed by atoms with Gasteiger partial charge in [0, 0.05) is 11.6 Å². The van der Waals surface area contributed by atoms with Crippen molar-refractivity contribution in [3.63, 3.8) is 0 Å². The first kappa shape index (κ1) is 11.2. The van der Waals surface area contributed by atoms with Gasteiger partial charge >= 0.3 is 6.61 Å². The molecule has 2 nitrogen and oxygen atoms in total. The number of hydrogen-bond donors (Lipinski definition) is 0. The fourth-order valence-corrected chi connectivity index (χ4v) is 1.17. The molecule has 0 spiro atoms. The van der Waals surface area contributed by atoms with Crippen molar-refractivity contribution in [3.05, 3.63) is 35.9 Å². The van der Waals surface area contributed by atoms with Crippen LogP contribution in [0.4, 0.5) is 8.78 Å². The molecule has 0 saturated heterocycles. The highest BCUT2D eigenvalue weighted by atomic mass is 19.3. The van der Waals surface area contributed by atoms with Crippen molar-refractivity contribution < 1.29 is 13.5 Å². The van der Waals surface area contributed by atoms with Gasteiger partial charge in [-0.2, -0.15) is 14.0 Å². The van der Waals surface area contributed by atoms with Gasteiger partial charge in [-0.05, 0) is 18.6 Å². The second-order valence-electron chi connectivity index (χ2n) is 2.83. The van der Waals surface area contributed by atoms with Crippen LogP contribution in [0.25, 0.3) is 5.57 Å². The highest BCUT2D eigenvalue weighted by Gasteiger charge is 2.09. The number of benzene rings is 1.